The van der Waals surface area contributed by atoms with E-state index in [2.05, 4.69) is 9.97 Å². The molecule has 1 N–H and O–H groups in total. The molecular weight excluding hydrogens is 176 g/mol. The monoisotopic (exact) mass is 186 g/mol. The van der Waals surface area contributed by atoms with E-state index < -0.39 is 0 Å². The molecule has 0 bridgehead atoms. The highest BCUT2D eigenvalue weighted by Gasteiger charge is 2.02. The lowest BCUT2D eigenvalue weighted by molar-refractivity contribution is 0.469. The Morgan fingerprint density at radius 2 is 1.71 bits per heavy atom. The Bertz CT molecular complexity index is 415. The van der Waals surface area contributed by atoms with E-state index in [1.807, 2.05) is 12.1 Å². The second kappa shape index (κ2) is 3.87. The number of benzene rings is 1. The van der Waals surface area contributed by atoms with E-state index in [9.17, 15) is 5.11 Å². The standard InChI is InChI=1S/C11H10N2O/c14-10-5-2-1-4-9(10)8-11-12-6-3-7-13-11/h1-7,14H,8H2. The molecule has 0 atom stereocenters. The minimum atomic E-state index is 0.292. The van der Waals surface area contributed by atoms with Crippen LogP contribution in [0.2, 0.25) is 0 Å². The summed E-state index contributed by atoms with van der Waals surface area (Å²) < 4.78 is 0. The van der Waals surface area contributed by atoms with Crippen LogP contribution < -0.4 is 0 Å². The molecule has 0 spiro atoms. The largest absolute Gasteiger partial charge is 0.508 e. The molecule has 0 saturated heterocycles. The summed E-state index contributed by atoms with van der Waals surface area (Å²) in [6, 6.07) is 8.99. The van der Waals surface area contributed by atoms with Crippen LogP contribution >= 0.6 is 0 Å². The summed E-state index contributed by atoms with van der Waals surface area (Å²) in [5.74, 6) is 1.01. The van der Waals surface area contributed by atoms with E-state index in [1.54, 1.807) is 30.6 Å². The van der Waals surface area contributed by atoms with Crippen LogP contribution in [0.15, 0.2) is 42.7 Å². The van der Waals surface area contributed by atoms with Gasteiger partial charge < -0.3 is 5.11 Å². The third kappa shape index (κ3) is 1.88. The second-order valence-electron chi connectivity index (χ2n) is 2.97. The Hall–Kier alpha value is -1.90. The number of hydrogen-bond donors (Lipinski definition) is 1. The molecular formula is C11H10N2O. The van der Waals surface area contributed by atoms with Gasteiger partial charge in [-0.3, -0.25) is 0 Å². The van der Waals surface area contributed by atoms with Crippen LogP contribution in [0.5, 0.6) is 5.75 Å². The van der Waals surface area contributed by atoms with Crippen molar-refractivity contribution in [3.05, 3.63) is 54.1 Å². The molecule has 0 saturated carbocycles. The highest BCUT2D eigenvalue weighted by Crippen LogP contribution is 2.17. The molecule has 3 heteroatoms. The molecule has 2 aromatic rings. The fourth-order valence-corrected chi connectivity index (χ4v) is 1.25. The van der Waals surface area contributed by atoms with Crippen molar-refractivity contribution >= 4 is 0 Å². The van der Waals surface area contributed by atoms with Crippen molar-refractivity contribution < 1.29 is 5.11 Å². The van der Waals surface area contributed by atoms with E-state index >= 15 is 0 Å². The van der Waals surface area contributed by atoms with Gasteiger partial charge in [0.1, 0.15) is 11.6 Å². The lowest BCUT2D eigenvalue weighted by atomic mass is 10.1. The summed E-state index contributed by atoms with van der Waals surface area (Å²) in [5, 5.41) is 9.52. The Morgan fingerprint density at radius 1 is 1.00 bits per heavy atom. The molecule has 2 rings (SSSR count). The van der Waals surface area contributed by atoms with E-state index in [-0.39, 0.29) is 0 Å². The number of nitrogens with zero attached hydrogens (tertiary/aromatic N) is 2. The SMILES string of the molecule is Oc1ccccc1Cc1ncccn1. The number of hydrogen-bond acceptors (Lipinski definition) is 3. The van der Waals surface area contributed by atoms with Crippen LogP contribution in [0, 0.1) is 0 Å². The van der Waals surface area contributed by atoms with Crippen molar-refractivity contribution in [2.24, 2.45) is 0 Å². The van der Waals surface area contributed by atoms with Gasteiger partial charge >= 0.3 is 0 Å². The van der Waals surface area contributed by atoms with Gasteiger partial charge in [0.2, 0.25) is 0 Å². The zero-order valence-corrected chi connectivity index (χ0v) is 7.59. The first kappa shape index (κ1) is 8.69. The molecule has 1 aromatic carbocycles. The topological polar surface area (TPSA) is 46.0 Å². The Kier molecular flexibility index (Phi) is 2.40. The molecule has 0 aliphatic carbocycles. The van der Waals surface area contributed by atoms with Crippen LogP contribution in [-0.4, -0.2) is 15.1 Å². The van der Waals surface area contributed by atoms with Gasteiger partial charge in [-0.15, -0.1) is 0 Å². The third-order valence-corrected chi connectivity index (χ3v) is 1.96. The van der Waals surface area contributed by atoms with Gasteiger partial charge in [0.25, 0.3) is 0 Å². The van der Waals surface area contributed by atoms with Crippen LogP contribution in [0.1, 0.15) is 11.4 Å². The Labute approximate surface area is 82.1 Å². The van der Waals surface area contributed by atoms with Crippen LogP contribution in [0.4, 0.5) is 0 Å². The van der Waals surface area contributed by atoms with Crippen molar-refractivity contribution in [3.8, 4) is 5.75 Å². The molecule has 0 aliphatic rings. The minimum Gasteiger partial charge on any atom is -0.508 e. The summed E-state index contributed by atoms with van der Waals surface area (Å²) in [6.45, 7) is 0. The van der Waals surface area contributed by atoms with Crippen LogP contribution in [0.25, 0.3) is 0 Å². The van der Waals surface area contributed by atoms with Gasteiger partial charge in [-0.2, -0.15) is 0 Å². The molecule has 0 unspecified atom stereocenters. The van der Waals surface area contributed by atoms with Crippen molar-refractivity contribution in [1.29, 1.82) is 0 Å². The van der Waals surface area contributed by atoms with Gasteiger partial charge in [0.05, 0.1) is 0 Å². The maximum Gasteiger partial charge on any atom is 0.132 e. The van der Waals surface area contributed by atoms with E-state index in [0.29, 0.717) is 18.0 Å². The quantitative estimate of drug-likeness (QED) is 0.777. The van der Waals surface area contributed by atoms with E-state index in [1.165, 1.54) is 0 Å². The van der Waals surface area contributed by atoms with Crippen molar-refractivity contribution in [3.63, 3.8) is 0 Å². The molecule has 1 aromatic heterocycles. The first-order valence-corrected chi connectivity index (χ1v) is 4.39. The minimum absolute atomic E-state index is 0.292. The zero-order valence-electron chi connectivity index (χ0n) is 7.59. The maximum atomic E-state index is 9.52. The summed E-state index contributed by atoms with van der Waals surface area (Å²) in [7, 11) is 0. The highest BCUT2D eigenvalue weighted by molar-refractivity contribution is 5.33. The lowest BCUT2D eigenvalue weighted by Crippen LogP contribution is -1.94. The smallest absolute Gasteiger partial charge is 0.132 e. The number of aromatic hydroxyl groups is 1. The predicted octanol–water partition coefficient (Wildman–Crippen LogP) is 1.77. The van der Waals surface area contributed by atoms with Gasteiger partial charge in [0, 0.05) is 24.4 Å². The molecule has 0 aliphatic heterocycles. The first-order valence-electron chi connectivity index (χ1n) is 4.39. The molecule has 0 radical (unpaired) electrons. The van der Waals surface area contributed by atoms with Gasteiger partial charge in [-0.1, -0.05) is 18.2 Å². The molecule has 14 heavy (non-hydrogen) atoms. The molecule has 0 fully saturated rings. The van der Waals surface area contributed by atoms with E-state index in [4.69, 9.17) is 0 Å². The first-order chi connectivity index (χ1) is 6.86. The summed E-state index contributed by atoms with van der Waals surface area (Å²) in [4.78, 5) is 8.19. The average Bonchev–Trinajstić information content (AvgIpc) is 2.23. The predicted molar refractivity (Wildman–Crippen MR) is 52.9 cm³/mol. The maximum absolute atomic E-state index is 9.52. The number of phenolic OH excluding ortho intramolecular Hbond substituents is 1. The summed E-state index contributed by atoms with van der Waals surface area (Å²) >= 11 is 0. The van der Waals surface area contributed by atoms with Gasteiger partial charge in [0.15, 0.2) is 0 Å². The fraction of sp³-hybridized carbons (Fsp3) is 0.0909. The van der Waals surface area contributed by atoms with Gasteiger partial charge in [-0.25, -0.2) is 9.97 Å². The summed E-state index contributed by atoms with van der Waals surface area (Å²) in [6.07, 6.45) is 3.96. The van der Waals surface area contributed by atoms with Crippen molar-refractivity contribution in [2.45, 2.75) is 6.42 Å². The highest BCUT2D eigenvalue weighted by atomic mass is 16.3. The Morgan fingerprint density at radius 3 is 2.43 bits per heavy atom. The lowest BCUT2D eigenvalue weighted by Gasteiger charge is -2.01. The fourth-order valence-electron chi connectivity index (χ4n) is 1.25. The number of para-hydroxylation sites is 1. The number of rotatable bonds is 2. The van der Waals surface area contributed by atoms with Crippen molar-refractivity contribution in [2.75, 3.05) is 0 Å². The average molecular weight is 186 g/mol. The third-order valence-electron chi connectivity index (χ3n) is 1.96. The molecule has 0 amide bonds. The van der Waals surface area contributed by atoms with E-state index in [0.717, 1.165) is 5.56 Å². The molecule has 1 heterocycles. The van der Waals surface area contributed by atoms with Gasteiger partial charge in [-0.05, 0) is 12.1 Å². The number of aromatic nitrogens is 2. The molecule has 3 nitrogen and oxygen atoms in total. The zero-order chi connectivity index (χ0) is 9.80. The number of phenols is 1. The van der Waals surface area contributed by atoms with Crippen LogP contribution in [0.3, 0.4) is 0 Å². The van der Waals surface area contributed by atoms with Crippen LogP contribution in [-0.2, 0) is 6.42 Å². The normalized spacial score (nSPS) is 10.0. The van der Waals surface area contributed by atoms with Crippen molar-refractivity contribution in [1.82, 2.24) is 9.97 Å². The second-order valence-corrected chi connectivity index (χ2v) is 2.97. The summed E-state index contributed by atoms with van der Waals surface area (Å²) in [5.41, 5.74) is 0.846. The molecule has 70 valence electrons. The Balaban J connectivity index is 2.24.